The van der Waals surface area contributed by atoms with E-state index in [4.69, 9.17) is 29.9 Å². The molecule has 3 aromatic heterocycles. The van der Waals surface area contributed by atoms with Crippen LogP contribution in [0.2, 0.25) is 0 Å². The topological polar surface area (TPSA) is 101 Å². The number of thiophene rings is 1. The van der Waals surface area contributed by atoms with Crippen molar-refractivity contribution >= 4 is 31.5 Å². The van der Waals surface area contributed by atoms with Gasteiger partial charge in [-0.15, -0.1) is 11.3 Å². The Morgan fingerprint density at radius 1 is 0.351 bits per heavy atom. The lowest BCUT2D eigenvalue weighted by Crippen LogP contribution is -2.00. The Morgan fingerprint density at radius 2 is 0.789 bits per heavy atom. The minimum absolute atomic E-state index is 0.566. The molecule has 266 valence electrons. The maximum atomic E-state index is 9.68. The lowest BCUT2D eigenvalue weighted by atomic mass is 9.99. The third-order valence-corrected chi connectivity index (χ3v) is 11.1. The fourth-order valence-electron chi connectivity index (χ4n) is 7.02. The van der Waals surface area contributed by atoms with Gasteiger partial charge in [-0.25, -0.2) is 29.9 Å². The molecular weight excluding hydrogens is 719 g/mol. The fraction of sp³-hybridized carbons (Fsp3) is 0. The third kappa shape index (κ3) is 6.48. The summed E-state index contributed by atoms with van der Waals surface area (Å²) < 4.78 is 2.19. The van der Waals surface area contributed by atoms with Crippen molar-refractivity contribution in [2.24, 2.45) is 0 Å². The Kier molecular flexibility index (Phi) is 8.60. The number of aromatic nitrogens is 6. The summed E-state index contributed by atoms with van der Waals surface area (Å²) in [4.78, 5) is 30.0. The summed E-state index contributed by atoms with van der Waals surface area (Å²) in [7, 11) is 0. The van der Waals surface area contributed by atoms with E-state index in [1.54, 1.807) is 11.3 Å². The molecule has 0 aliphatic heterocycles. The van der Waals surface area contributed by atoms with E-state index in [0.717, 1.165) is 64.7 Å². The van der Waals surface area contributed by atoms with Crippen molar-refractivity contribution in [3.05, 3.63) is 181 Å². The first-order valence-corrected chi connectivity index (χ1v) is 19.2. The van der Waals surface area contributed by atoms with Crippen molar-refractivity contribution < 1.29 is 0 Å². The molecule has 0 spiro atoms. The Balaban J connectivity index is 1.09. The first-order chi connectivity index (χ1) is 28.2. The van der Waals surface area contributed by atoms with Gasteiger partial charge in [0.2, 0.25) is 0 Å². The van der Waals surface area contributed by atoms with Crippen molar-refractivity contribution in [3.63, 3.8) is 0 Å². The van der Waals surface area contributed by atoms with E-state index in [1.807, 2.05) is 140 Å². The lowest BCUT2D eigenvalue weighted by molar-refractivity contribution is 1.07. The third-order valence-electron chi connectivity index (χ3n) is 9.87. The first-order valence-electron chi connectivity index (χ1n) is 18.4. The molecule has 0 amide bonds. The molecule has 0 bridgehead atoms. The van der Waals surface area contributed by atoms with Gasteiger partial charge in [0.25, 0.3) is 0 Å². The van der Waals surface area contributed by atoms with Crippen LogP contribution in [0, 0.1) is 11.3 Å². The van der Waals surface area contributed by atoms with Crippen LogP contribution in [0.5, 0.6) is 0 Å². The van der Waals surface area contributed by atoms with E-state index in [1.165, 1.54) is 0 Å². The van der Waals surface area contributed by atoms with Gasteiger partial charge in [-0.2, -0.15) is 5.26 Å². The first kappa shape index (κ1) is 33.8. The summed E-state index contributed by atoms with van der Waals surface area (Å²) in [5, 5.41) is 11.9. The van der Waals surface area contributed by atoms with Crippen LogP contribution in [0.25, 0.3) is 99.6 Å². The highest BCUT2D eigenvalue weighted by Gasteiger charge is 2.18. The number of nitriles is 1. The second kappa shape index (κ2) is 14.5. The average molecular weight is 748 g/mol. The zero-order chi connectivity index (χ0) is 38.1. The molecule has 8 heteroatoms. The molecule has 0 N–H and O–H groups in total. The van der Waals surface area contributed by atoms with E-state index < -0.39 is 0 Å². The highest BCUT2D eigenvalue weighted by atomic mass is 32.1. The van der Waals surface area contributed by atoms with Crippen LogP contribution in [-0.2, 0) is 0 Å². The largest absolute Gasteiger partial charge is 0.208 e. The van der Waals surface area contributed by atoms with Crippen LogP contribution in [-0.4, -0.2) is 29.9 Å². The van der Waals surface area contributed by atoms with Gasteiger partial charge in [0, 0.05) is 53.6 Å². The van der Waals surface area contributed by atoms with Crippen LogP contribution < -0.4 is 0 Å². The molecule has 0 aliphatic rings. The molecule has 10 rings (SSSR count). The van der Waals surface area contributed by atoms with Crippen molar-refractivity contribution in [2.75, 3.05) is 0 Å². The number of benzene rings is 7. The number of fused-ring (bicyclic) bond motifs is 3. The maximum Gasteiger partial charge on any atom is 0.165 e. The van der Waals surface area contributed by atoms with Crippen LogP contribution in [0.4, 0.5) is 0 Å². The smallest absolute Gasteiger partial charge is 0.165 e. The molecular formula is C49H29N7S. The van der Waals surface area contributed by atoms with E-state index >= 15 is 0 Å². The normalized spacial score (nSPS) is 11.1. The summed E-state index contributed by atoms with van der Waals surface area (Å²) in [5.74, 6) is 3.61. The van der Waals surface area contributed by atoms with Gasteiger partial charge in [-0.1, -0.05) is 158 Å². The maximum absolute atomic E-state index is 9.68. The van der Waals surface area contributed by atoms with Gasteiger partial charge in [-0.3, -0.25) is 0 Å². The van der Waals surface area contributed by atoms with E-state index in [9.17, 15) is 5.26 Å². The molecule has 7 nitrogen and oxygen atoms in total. The predicted molar refractivity (Wildman–Crippen MR) is 229 cm³/mol. The standard InChI is InChI=1S/C49H29N7S/c50-30-37-19-10-11-20-38(37)31-23-25-35(26-24-31)47-51-44(32-13-4-1-5-14-32)53-48(54-47)36-27-28-39-40-21-12-22-41(43(40)57-42(39)29-36)49-55-45(33-15-6-2-7-16-33)52-46(56-49)34-17-8-3-9-18-34/h1-29H. The molecule has 0 aliphatic carbocycles. The number of rotatable bonds is 7. The summed E-state index contributed by atoms with van der Waals surface area (Å²) in [6.45, 7) is 0. The summed E-state index contributed by atoms with van der Waals surface area (Å²) in [5.41, 5.74) is 7.90. The van der Waals surface area contributed by atoms with Crippen molar-refractivity contribution in [1.82, 2.24) is 29.9 Å². The molecule has 0 atom stereocenters. The fourth-order valence-corrected chi connectivity index (χ4v) is 8.28. The molecule has 0 unspecified atom stereocenters. The minimum Gasteiger partial charge on any atom is -0.208 e. The quantitative estimate of drug-likeness (QED) is 0.160. The summed E-state index contributed by atoms with van der Waals surface area (Å²) >= 11 is 1.70. The highest BCUT2D eigenvalue weighted by Crippen LogP contribution is 2.41. The van der Waals surface area contributed by atoms with Crippen molar-refractivity contribution in [1.29, 1.82) is 5.26 Å². The molecule has 0 saturated heterocycles. The predicted octanol–water partition coefficient (Wildman–Crippen LogP) is 12.0. The van der Waals surface area contributed by atoms with Crippen molar-refractivity contribution in [2.45, 2.75) is 0 Å². The van der Waals surface area contributed by atoms with Crippen LogP contribution >= 0.6 is 11.3 Å². The van der Waals surface area contributed by atoms with E-state index in [2.05, 4.69) is 42.5 Å². The van der Waals surface area contributed by atoms with Gasteiger partial charge < -0.3 is 0 Å². The van der Waals surface area contributed by atoms with Crippen LogP contribution in [0.1, 0.15) is 5.56 Å². The van der Waals surface area contributed by atoms with Crippen LogP contribution in [0.3, 0.4) is 0 Å². The molecule has 7 aromatic carbocycles. The Bertz CT molecular complexity index is 3060. The Hall–Kier alpha value is -7.73. The monoisotopic (exact) mass is 747 g/mol. The zero-order valence-electron chi connectivity index (χ0n) is 30.3. The second-order valence-electron chi connectivity index (χ2n) is 13.4. The molecule has 3 heterocycles. The van der Waals surface area contributed by atoms with Crippen LogP contribution in [0.15, 0.2) is 176 Å². The Labute approximate surface area is 332 Å². The summed E-state index contributed by atoms with van der Waals surface area (Å²) in [6.07, 6.45) is 0. The highest BCUT2D eigenvalue weighted by molar-refractivity contribution is 7.26. The molecule has 0 saturated carbocycles. The number of hydrogen-bond acceptors (Lipinski definition) is 8. The van der Waals surface area contributed by atoms with E-state index in [-0.39, 0.29) is 0 Å². The number of nitrogens with zero attached hydrogens (tertiary/aromatic N) is 7. The second-order valence-corrected chi connectivity index (χ2v) is 14.5. The lowest BCUT2D eigenvalue weighted by Gasteiger charge is -2.09. The van der Waals surface area contributed by atoms with Gasteiger partial charge >= 0.3 is 0 Å². The summed E-state index contributed by atoms with van der Waals surface area (Å²) in [6, 6.07) is 60.7. The molecule has 0 fully saturated rings. The van der Waals surface area contributed by atoms with E-state index in [0.29, 0.717) is 40.5 Å². The SMILES string of the molecule is N#Cc1ccccc1-c1ccc(-c2nc(-c3ccccc3)nc(-c3ccc4c(c3)sc3c(-c5nc(-c6ccccc6)nc(-c6ccccc6)n5)cccc34)n2)cc1. The zero-order valence-corrected chi connectivity index (χ0v) is 31.1. The van der Waals surface area contributed by atoms with Crippen molar-refractivity contribution in [3.8, 4) is 85.5 Å². The molecule has 0 radical (unpaired) electrons. The van der Waals surface area contributed by atoms with Gasteiger partial charge in [-0.05, 0) is 29.3 Å². The van der Waals surface area contributed by atoms with Gasteiger partial charge in [0.15, 0.2) is 34.9 Å². The van der Waals surface area contributed by atoms with Gasteiger partial charge in [0.05, 0.1) is 11.6 Å². The van der Waals surface area contributed by atoms with Gasteiger partial charge in [0.1, 0.15) is 0 Å². The average Bonchev–Trinajstić information content (AvgIpc) is 3.68. The molecule has 57 heavy (non-hydrogen) atoms. The molecule has 10 aromatic rings. The number of hydrogen-bond donors (Lipinski definition) is 0. The Morgan fingerprint density at radius 3 is 1.35 bits per heavy atom. The minimum atomic E-state index is 0.566.